The van der Waals surface area contributed by atoms with Gasteiger partial charge in [-0.1, -0.05) is 5.16 Å². The Labute approximate surface area is 134 Å². The van der Waals surface area contributed by atoms with Crippen LogP contribution < -0.4 is 11.1 Å². The van der Waals surface area contributed by atoms with Crippen molar-refractivity contribution in [2.45, 2.75) is 39.2 Å². The summed E-state index contributed by atoms with van der Waals surface area (Å²) in [6, 6.07) is 4.68. The van der Waals surface area contributed by atoms with Gasteiger partial charge in [0.25, 0.3) is 0 Å². The molecular formula is C16H21FN4O2. The van der Waals surface area contributed by atoms with Gasteiger partial charge in [0.05, 0.1) is 0 Å². The number of rotatable bonds is 7. The molecule has 0 aliphatic rings. The minimum atomic E-state index is -0.277. The van der Waals surface area contributed by atoms with E-state index in [-0.39, 0.29) is 24.2 Å². The quantitative estimate of drug-likeness (QED) is 0.813. The number of carbonyl (C=O) groups excluding carboxylic acids is 1. The second-order valence-electron chi connectivity index (χ2n) is 5.59. The van der Waals surface area contributed by atoms with E-state index in [1.54, 1.807) is 19.1 Å². The molecular weight excluding hydrogens is 299 g/mol. The van der Waals surface area contributed by atoms with Crippen molar-refractivity contribution in [3.8, 4) is 11.4 Å². The monoisotopic (exact) mass is 320 g/mol. The number of nitrogens with one attached hydrogen (secondary N) is 1. The molecule has 1 atom stereocenters. The van der Waals surface area contributed by atoms with Gasteiger partial charge in [-0.05, 0) is 44.0 Å². The highest BCUT2D eigenvalue weighted by atomic mass is 19.1. The number of aryl methyl sites for hydroxylation is 2. The van der Waals surface area contributed by atoms with Gasteiger partial charge in [-0.2, -0.15) is 4.98 Å². The first-order valence-corrected chi connectivity index (χ1v) is 7.57. The van der Waals surface area contributed by atoms with E-state index in [0.29, 0.717) is 35.8 Å². The Kier molecular flexibility index (Phi) is 5.81. The number of carbonyl (C=O) groups is 1. The molecule has 0 aliphatic carbocycles. The fraction of sp³-hybridized carbons (Fsp3) is 0.438. The van der Waals surface area contributed by atoms with Crippen LogP contribution in [0.1, 0.15) is 31.2 Å². The molecule has 1 aromatic carbocycles. The third-order valence-electron chi connectivity index (χ3n) is 3.37. The van der Waals surface area contributed by atoms with Gasteiger partial charge in [0.2, 0.25) is 17.6 Å². The normalized spacial score (nSPS) is 12.2. The summed E-state index contributed by atoms with van der Waals surface area (Å²) >= 11 is 0. The first kappa shape index (κ1) is 17.1. The van der Waals surface area contributed by atoms with Gasteiger partial charge < -0.3 is 15.6 Å². The standard InChI is InChI=1S/C16H21FN4O2/c1-10-9-12(3-4-13(10)17)16-20-15(23-21-16)6-5-14(22)19-8-7-11(2)18/h3-4,9,11H,5-8,18H2,1-2H3,(H,19,22). The summed E-state index contributed by atoms with van der Waals surface area (Å²) in [4.78, 5) is 15.9. The molecule has 0 fully saturated rings. The van der Waals surface area contributed by atoms with Gasteiger partial charge in [-0.3, -0.25) is 4.79 Å². The lowest BCUT2D eigenvalue weighted by atomic mass is 10.1. The molecule has 0 saturated carbocycles. The first-order chi connectivity index (χ1) is 11.0. The average Bonchev–Trinajstić information content (AvgIpc) is 2.96. The summed E-state index contributed by atoms with van der Waals surface area (Å²) in [6.45, 7) is 4.12. The Bertz CT molecular complexity index is 670. The van der Waals surface area contributed by atoms with Crippen LogP contribution in [0.3, 0.4) is 0 Å². The summed E-state index contributed by atoms with van der Waals surface area (Å²) in [5.41, 5.74) is 6.81. The lowest BCUT2D eigenvalue weighted by molar-refractivity contribution is -0.121. The van der Waals surface area contributed by atoms with Crippen LogP contribution >= 0.6 is 0 Å². The summed E-state index contributed by atoms with van der Waals surface area (Å²) in [7, 11) is 0. The first-order valence-electron chi connectivity index (χ1n) is 7.57. The van der Waals surface area contributed by atoms with Crippen molar-refractivity contribution in [2.24, 2.45) is 5.73 Å². The van der Waals surface area contributed by atoms with Crippen molar-refractivity contribution < 1.29 is 13.7 Å². The molecule has 1 unspecified atom stereocenters. The molecule has 2 rings (SSSR count). The molecule has 3 N–H and O–H groups in total. The molecule has 1 aromatic heterocycles. The number of halogens is 1. The number of aromatic nitrogens is 2. The smallest absolute Gasteiger partial charge is 0.227 e. The van der Waals surface area contributed by atoms with E-state index in [1.165, 1.54) is 6.07 Å². The molecule has 0 spiro atoms. The van der Waals surface area contributed by atoms with E-state index >= 15 is 0 Å². The molecule has 6 nitrogen and oxygen atoms in total. The Morgan fingerprint density at radius 1 is 1.48 bits per heavy atom. The Morgan fingerprint density at radius 2 is 2.26 bits per heavy atom. The number of nitrogens with two attached hydrogens (primary N) is 1. The summed E-state index contributed by atoms with van der Waals surface area (Å²) < 4.78 is 18.4. The topological polar surface area (TPSA) is 94.0 Å². The molecule has 1 amide bonds. The molecule has 23 heavy (non-hydrogen) atoms. The highest BCUT2D eigenvalue weighted by molar-refractivity contribution is 5.76. The molecule has 1 heterocycles. The fourth-order valence-electron chi connectivity index (χ4n) is 2.01. The number of hydrogen-bond donors (Lipinski definition) is 2. The Balaban J connectivity index is 1.87. The Hall–Kier alpha value is -2.28. The van der Waals surface area contributed by atoms with Crippen molar-refractivity contribution in [1.29, 1.82) is 0 Å². The molecule has 0 bridgehead atoms. The van der Waals surface area contributed by atoms with Crippen LogP contribution in [0, 0.1) is 12.7 Å². The highest BCUT2D eigenvalue weighted by Gasteiger charge is 2.11. The van der Waals surface area contributed by atoms with Crippen molar-refractivity contribution in [3.05, 3.63) is 35.5 Å². The van der Waals surface area contributed by atoms with E-state index in [9.17, 15) is 9.18 Å². The maximum atomic E-state index is 13.3. The molecule has 0 aliphatic heterocycles. The van der Waals surface area contributed by atoms with Crippen LogP contribution in [0.15, 0.2) is 22.7 Å². The van der Waals surface area contributed by atoms with E-state index in [1.807, 2.05) is 6.92 Å². The number of amides is 1. The van der Waals surface area contributed by atoms with Crippen LogP contribution in [-0.2, 0) is 11.2 Å². The Morgan fingerprint density at radius 3 is 2.96 bits per heavy atom. The number of hydrogen-bond acceptors (Lipinski definition) is 5. The van der Waals surface area contributed by atoms with Gasteiger partial charge in [-0.15, -0.1) is 0 Å². The lowest BCUT2D eigenvalue weighted by Crippen LogP contribution is -2.29. The van der Waals surface area contributed by atoms with Crippen LogP contribution in [0.4, 0.5) is 4.39 Å². The minimum absolute atomic E-state index is 0.0629. The van der Waals surface area contributed by atoms with Gasteiger partial charge in [0.15, 0.2) is 0 Å². The van der Waals surface area contributed by atoms with Crippen molar-refractivity contribution in [3.63, 3.8) is 0 Å². The van der Waals surface area contributed by atoms with Gasteiger partial charge >= 0.3 is 0 Å². The summed E-state index contributed by atoms with van der Waals surface area (Å²) in [5.74, 6) is 0.411. The zero-order valence-electron chi connectivity index (χ0n) is 13.3. The summed E-state index contributed by atoms with van der Waals surface area (Å²) in [5, 5.41) is 6.65. The van der Waals surface area contributed by atoms with E-state index < -0.39 is 0 Å². The van der Waals surface area contributed by atoms with E-state index in [2.05, 4.69) is 15.5 Å². The number of nitrogens with zero attached hydrogens (tertiary/aromatic N) is 2. The number of benzene rings is 1. The molecule has 0 radical (unpaired) electrons. The van der Waals surface area contributed by atoms with Gasteiger partial charge in [0, 0.05) is 31.0 Å². The highest BCUT2D eigenvalue weighted by Crippen LogP contribution is 2.19. The SMILES string of the molecule is Cc1cc(-c2noc(CCC(=O)NCCC(C)N)n2)ccc1F. The minimum Gasteiger partial charge on any atom is -0.356 e. The van der Waals surface area contributed by atoms with Crippen molar-refractivity contribution in [1.82, 2.24) is 15.5 Å². The zero-order valence-corrected chi connectivity index (χ0v) is 13.3. The summed E-state index contributed by atoms with van der Waals surface area (Å²) in [6.07, 6.45) is 1.36. The van der Waals surface area contributed by atoms with Gasteiger partial charge in [0.1, 0.15) is 5.82 Å². The second-order valence-corrected chi connectivity index (χ2v) is 5.59. The molecule has 2 aromatic rings. The third kappa shape index (κ3) is 5.14. The van der Waals surface area contributed by atoms with E-state index in [4.69, 9.17) is 10.3 Å². The van der Waals surface area contributed by atoms with Crippen LogP contribution in [0.5, 0.6) is 0 Å². The second kappa shape index (κ2) is 7.82. The molecule has 124 valence electrons. The van der Waals surface area contributed by atoms with Crippen molar-refractivity contribution >= 4 is 5.91 Å². The average molecular weight is 320 g/mol. The molecule has 7 heteroatoms. The van der Waals surface area contributed by atoms with Crippen LogP contribution in [0.2, 0.25) is 0 Å². The molecule has 0 saturated heterocycles. The maximum absolute atomic E-state index is 13.3. The zero-order chi connectivity index (χ0) is 16.8. The van der Waals surface area contributed by atoms with Crippen LogP contribution in [-0.4, -0.2) is 28.6 Å². The fourth-order valence-corrected chi connectivity index (χ4v) is 2.01. The predicted molar refractivity (Wildman–Crippen MR) is 84.0 cm³/mol. The third-order valence-corrected chi connectivity index (χ3v) is 3.37. The van der Waals surface area contributed by atoms with Crippen molar-refractivity contribution in [2.75, 3.05) is 6.54 Å². The maximum Gasteiger partial charge on any atom is 0.227 e. The largest absolute Gasteiger partial charge is 0.356 e. The van der Waals surface area contributed by atoms with Crippen LogP contribution in [0.25, 0.3) is 11.4 Å². The van der Waals surface area contributed by atoms with E-state index in [0.717, 1.165) is 6.42 Å². The van der Waals surface area contributed by atoms with Gasteiger partial charge in [-0.25, -0.2) is 4.39 Å². The lowest BCUT2D eigenvalue weighted by Gasteiger charge is -2.06. The predicted octanol–water partition coefficient (Wildman–Crippen LogP) is 1.97.